The maximum atomic E-state index is 11.4. The molecular formula is C12H20N4O4. The Labute approximate surface area is 117 Å². The Balaban J connectivity index is 2.57. The van der Waals surface area contributed by atoms with E-state index in [9.17, 15) is 14.9 Å². The Morgan fingerprint density at radius 2 is 2.05 bits per heavy atom. The molecule has 0 radical (unpaired) electrons. The zero-order valence-electron chi connectivity index (χ0n) is 12.4. The standard InChI is InChI=1S/C12H20N4O4/c1-8-10(16(18)19)9(2)15(14-8)7-6-13-11(17)20-12(3,4)5/h6-7H2,1-5H3,(H,13,17). The summed E-state index contributed by atoms with van der Waals surface area (Å²) in [5, 5.41) is 17.5. The number of ether oxygens (including phenoxy) is 1. The van der Waals surface area contributed by atoms with Crippen molar-refractivity contribution in [2.24, 2.45) is 0 Å². The Morgan fingerprint density at radius 3 is 2.50 bits per heavy atom. The van der Waals surface area contributed by atoms with Crippen LogP contribution in [0.2, 0.25) is 0 Å². The van der Waals surface area contributed by atoms with Gasteiger partial charge in [0.1, 0.15) is 17.0 Å². The summed E-state index contributed by atoms with van der Waals surface area (Å²) in [6.07, 6.45) is -0.520. The molecule has 8 heteroatoms. The van der Waals surface area contributed by atoms with Crippen molar-refractivity contribution in [3.8, 4) is 0 Å². The van der Waals surface area contributed by atoms with E-state index >= 15 is 0 Å². The monoisotopic (exact) mass is 284 g/mol. The highest BCUT2D eigenvalue weighted by Gasteiger charge is 2.21. The summed E-state index contributed by atoms with van der Waals surface area (Å²) in [7, 11) is 0. The second kappa shape index (κ2) is 5.89. The van der Waals surface area contributed by atoms with Gasteiger partial charge in [-0.1, -0.05) is 0 Å². The van der Waals surface area contributed by atoms with E-state index in [-0.39, 0.29) is 12.2 Å². The number of carbonyl (C=O) groups is 1. The van der Waals surface area contributed by atoms with E-state index in [4.69, 9.17) is 4.74 Å². The lowest BCUT2D eigenvalue weighted by Crippen LogP contribution is -2.34. The van der Waals surface area contributed by atoms with Gasteiger partial charge in [0, 0.05) is 6.54 Å². The number of carbonyl (C=O) groups excluding carboxylic acids is 1. The SMILES string of the molecule is Cc1nn(CCNC(=O)OC(C)(C)C)c(C)c1[N+](=O)[O-]. The van der Waals surface area contributed by atoms with Crippen LogP contribution in [-0.2, 0) is 11.3 Å². The third kappa shape index (κ3) is 4.22. The summed E-state index contributed by atoms with van der Waals surface area (Å²) in [4.78, 5) is 21.9. The van der Waals surface area contributed by atoms with E-state index in [2.05, 4.69) is 10.4 Å². The average Bonchev–Trinajstić information content (AvgIpc) is 2.51. The normalized spacial score (nSPS) is 11.2. The molecule has 0 saturated heterocycles. The largest absolute Gasteiger partial charge is 0.444 e. The molecule has 0 unspecified atom stereocenters. The van der Waals surface area contributed by atoms with E-state index in [1.54, 1.807) is 34.6 Å². The molecule has 0 bridgehead atoms. The van der Waals surface area contributed by atoms with Crippen LogP contribution in [-0.4, -0.2) is 32.9 Å². The predicted molar refractivity (Wildman–Crippen MR) is 72.6 cm³/mol. The molecule has 0 spiro atoms. The molecule has 1 amide bonds. The molecule has 0 saturated carbocycles. The van der Waals surface area contributed by atoms with Gasteiger partial charge in [0.25, 0.3) is 0 Å². The van der Waals surface area contributed by atoms with Crippen LogP contribution in [0.3, 0.4) is 0 Å². The Bertz CT molecular complexity index is 516. The van der Waals surface area contributed by atoms with E-state index in [0.29, 0.717) is 17.9 Å². The first-order valence-electron chi connectivity index (χ1n) is 6.27. The molecule has 0 aromatic carbocycles. The summed E-state index contributed by atoms with van der Waals surface area (Å²) in [6, 6.07) is 0. The fourth-order valence-electron chi connectivity index (χ4n) is 1.75. The van der Waals surface area contributed by atoms with Gasteiger partial charge in [0.15, 0.2) is 0 Å². The van der Waals surface area contributed by atoms with Gasteiger partial charge >= 0.3 is 11.8 Å². The number of hydrogen-bond donors (Lipinski definition) is 1. The van der Waals surface area contributed by atoms with Crippen molar-refractivity contribution in [1.82, 2.24) is 15.1 Å². The maximum absolute atomic E-state index is 11.4. The molecule has 1 heterocycles. The van der Waals surface area contributed by atoms with Gasteiger partial charge in [-0.2, -0.15) is 5.10 Å². The van der Waals surface area contributed by atoms with Gasteiger partial charge in [-0.3, -0.25) is 14.8 Å². The first kappa shape index (κ1) is 15.9. The van der Waals surface area contributed by atoms with Crippen LogP contribution in [0.4, 0.5) is 10.5 Å². The summed E-state index contributed by atoms with van der Waals surface area (Å²) >= 11 is 0. The highest BCUT2D eigenvalue weighted by molar-refractivity contribution is 5.67. The van der Waals surface area contributed by atoms with Gasteiger partial charge in [0.05, 0.1) is 11.5 Å². The minimum Gasteiger partial charge on any atom is -0.444 e. The number of nitro groups is 1. The average molecular weight is 284 g/mol. The summed E-state index contributed by atoms with van der Waals surface area (Å²) in [5.74, 6) is 0. The first-order chi connectivity index (χ1) is 9.11. The van der Waals surface area contributed by atoms with Crippen molar-refractivity contribution in [2.75, 3.05) is 6.54 Å². The molecule has 0 fully saturated rings. The third-order valence-electron chi connectivity index (χ3n) is 2.52. The molecule has 0 aliphatic rings. The van der Waals surface area contributed by atoms with Crippen LogP contribution < -0.4 is 5.32 Å². The molecule has 20 heavy (non-hydrogen) atoms. The number of aryl methyl sites for hydroxylation is 1. The highest BCUT2D eigenvalue weighted by Crippen LogP contribution is 2.21. The highest BCUT2D eigenvalue weighted by atomic mass is 16.6. The number of hydrogen-bond acceptors (Lipinski definition) is 5. The zero-order valence-corrected chi connectivity index (χ0v) is 12.4. The smallest absolute Gasteiger partial charge is 0.407 e. The van der Waals surface area contributed by atoms with Crippen LogP contribution >= 0.6 is 0 Å². The Hall–Kier alpha value is -2.12. The number of nitrogens with zero attached hydrogens (tertiary/aromatic N) is 3. The minimum absolute atomic E-state index is 0.0160. The van der Waals surface area contributed by atoms with Crippen molar-refractivity contribution in [3.05, 3.63) is 21.5 Å². The quantitative estimate of drug-likeness (QED) is 0.672. The van der Waals surface area contributed by atoms with Crippen molar-refractivity contribution >= 4 is 11.8 Å². The Morgan fingerprint density at radius 1 is 1.45 bits per heavy atom. The molecule has 8 nitrogen and oxygen atoms in total. The molecule has 1 N–H and O–H groups in total. The molecule has 1 aromatic heterocycles. The summed E-state index contributed by atoms with van der Waals surface area (Å²) < 4.78 is 6.59. The summed E-state index contributed by atoms with van der Waals surface area (Å²) in [6.45, 7) is 9.17. The van der Waals surface area contributed by atoms with Crippen LogP contribution in [0, 0.1) is 24.0 Å². The van der Waals surface area contributed by atoms with Gasteiger partial charge < -0.3 is 10.1 Å². The van der Waals surface area contributed by atoms with Crippen LogP contribution in [0.5, 0.6) is 0 Å². The topological polar surface area (TPSA) is 99.3 Å². The molecule has 0 aliphatic heterocycles. The van der Waals surface area contributed by atoms with Gasteiger partial charge in [0.2, 0.25) is 0 Å². The third-order valence-corrected chi connectivity index (χ3v) is 2.52. The molecule has 0 aliphatic carbocycles. The second-order valence-electron chi connectivity index (χ2n) is 5.43. The van der Waals surface area contributed by atoms with Crippen LogP contribution in [0.15, 0.2) is 0 Å². The van der Waals surface area contributed by atoms with Crippen molar-refractivity contribution in [3.63, 3.8) is 0 Å². The lowest BCUT2D eigenvalue weighted by Gasteiger charge is -2.19. The molecule has 112 valence electrons. The van der Waals surface area contributed by atoms with E-state index < -0.39 is 16.6 Å². The fourth-order valence-corrected chi connectivity index (χ4v) is 1.75. The molecule has 1 aromatic rings. The van der Waals surface area contributed by atoms with Crippen molar-refractivity contribution in [2.45, 2.75) is 46.8 Å². The zero-order chi connectivity index (χ0) is 15.5. The number of nitrogens with one attached hydrogen (secondary N) is 1. The first-order valence-corrected chi connectivity index (χ1v) is 6.27. The van der Waals surface area contributed by atoms with Gasteiger partial charge in [-0.15, -0.1) is 0 Å². The predicted octanol–water partition coefficient (Wildman–Crippen LogP) is 1.93. The molecule has 0 atom stereocenters. The van der Waals surface area contributed by atoms with Gasteiger partial charge in [-0.25, -0.2) is 4.79 Å². The maximum Gasteiger partial charge on any atom is 0.407 e. The van der Waals surface area contributed by atoms with Crippen molar-refractivity contribution < 1.29 is 14.5 Å². The molecule has 1 rings (SSSR count). The summed E-state index contributed by atoms with van der Waals surface area (Å²) in [5.41, 5.74) is 0.298. The van der Waals surface area contributed by atoms with Crippen molar-refractivity contribution in [1.29, 1.82) is 0 Å². The van der Waals surface area contributed by atoms with E-state index in [1.165, 1.54) is 4.68 Å². The fraction of sp³-hybridized carbons (Fsp3) is 0.667. The van der Waals surface area contributed by atoms with Crippen LogP contribution in [0.1, 0.15) is 32.2 Å². The molecular weight excluding hydrogens is 264 g/mol. The van der Waals surface area contributed by atoms with Crippen LogP contribution in [0.25, 0.3) is 0 Å². The lowest BCUT2D eigenvalue weighted by molar-refractivity contribution is -0.386. The van der Waals surface area contributed by atoms with E-state index in [0.717, 1.165) is 0 Å². The Kier molecular flexibility index (Phi) is 4.69. The number of alkyl carbamates (subject to hydrolysis) is 1. The minimum atomic E-state index is -0.554. The number of rotatable bonds is 4. The second-order valence-corrected chi connectivity index (χ2v) is 5.43. The van der Waals surface area contributed by atoms with Gasteiger partial charge in [-0.05, 0) is 34.6 Å². The van der Waals surface area contributed by atoms with E-state index in [1.807, 2.05) is 0 Å². The number of aromatic nitrogens is 2. The number of amides is 1. The lowest BCUT2D eigenvalue weighted by atomic mass is 10.2.